The van der Waals surface area contributed by atoms with Gasteiger partial charge in [0.05, 0.1) is 6.42 Å². The van der Waals surface area contributed by atoms with Gasteiger partial charge in [0.15, 0.2) is 0 Å². The minimum absolute atomic E-state index is 0.418. The van der Waals surface area contributed by atoms with E-state index in [4.69, 9.17) is 9.84 Å². The Labute approximate surface area is 99.5 Å². The Morgan fingerprint density at radius 1 is 1.24 bits per heavy atom. The molecule has 17 heavy (non-hydrogen) atoms. The molecule has 7 nitrogen and oxygen atoms in total. The van der Waals surface area contributed by atoms with Crippen molar-refractivity contribution in [1.82, 2.24) is 10.6 Å². The fraction of sp³-hybridized carbons (Fsp3) is 0.700. The first-order valence-corrected chi connectivity index (χ1v) is 5.08. The van der Waals surface area contributed by atoms with Crippen LogP contribution in [0, 0.1) is 0 Å². The van der Waals surface area contributed by atoms with Crippen LogP contribution in [0.25, 0.3) is 0 Å². The van der Waals surface area contributed by atoms with Crippen LogP contribution in [0.5, 0.6) is 0 Å². The Bertz CT molecular complexity index is 292. The quantitative estimate of drug-likeness (QED) is 0.624. The second-order valence-corrected chi connectivity index (χ2v) is 4.50. The third-order valence-electron chi connectivity index (χ3n) is 1.45. The molecule has 0 spiro atoms. The predicted octanol–water partition coefficient (Wildman–Crippen LogP) is 0.448. The summed E-state index contributed by atoms with van der Waals surface area (Å²) in [7, 11) is 0. The number of ether oxygens (including phenoxy) is 1. The van der Waals surface area contributed by atoms with Gasteiger partial charge >= 0.3 is 12.1 Å². The minimum atomic E-state index is -1.14. The molecule has 7 heteroatoms. The molecule has 98 valence electrons. The highest BCUT2D eigenvalue weighted by Crippen LogP contribution is 2.06. The van der Waals surface area contributed by atoms with Crippen LogP contribution in [-0.4, -0.2) is 34.8 Å². The number of carbonyl (C=O) groups excluding carboxylic acids is 2. The van der Waals surface area contributed by atoms with Gasteiger partial charge in [0.1, 0.15) is 11.8 Å². The second kappa shape index (κ2) is 6.07. The molecule has 0 aliphatic rings. The number of rotatable bonds is 4. The molecule has 0 aromatic carbocycles. The Kier molecular flexibility index (Phi) is 5.43. The van der Waals surface area contributed by atoms with Gasteiger partial charge in [0.25, 0.3) is 0 Å². The van der Waals surface area contributed by atoms with Gasteiger partial charge in [-0.3, -0.25) is 9.59 Å². The lowest BCUT2D eigenvalue weighted by Crippen LogP contribution is -2.49. The number of aliphatic carboxylic acids is 1. The number of alkyl carbamates (subject to hydrolysis) is 1. The van der Waals surface area contributed by atoms with Crippen molar-refractivity contribution >= 4 is 18.0 Å². The Balaban J connectivity index is 4.37. The van der Waals surface area contributed by atoms with Crippen LogP contribution in [0.15, 0.2) is 0 Å². The van der Waals surface area contributed by atoms with Crippen LogP contribution in [-0.2, 0) is 14.3 Å². The van der Waals surface area contributed by atoms with Crippen LogP contribution in [0.1, 0.15) is 34.1 Å². The summed E-state index contributed by atoms with van der Waals surface area (Å²) in [5, 5.41) is 13.2. The van der Waals surface area contributed by atoms with Gasteiger partial charge in [-0.1, -0.05) is 0 Å². The SMILES string of the molecule is CC(=O)N[C@H](CC(=O)O)NC(=O)OC(C)(C)C. The number of carboxylic acids is 1. The summed E-state index contributed by atoms with van der Waals surface area (Å²) in [5.74, 6) is -1.58. The molecule has 0 radical (unpaired) electrons. The van der Waals surface area contributed by atoms with Crippen LogP contribution >= 0.6 is 0 Å². The molecule has 0 rings (SSSR count). The van der Waals surface area contributed by atoms with Crippen LogP contribution in [0.3, 0.4) is 0 Å². The Morgan fingerprint density at radius 2 is 1.76 bits per heavy atom. The van der Waals surface area contributed by atoms with Crippen LogP contribution in [0.2, 0.25) is 0 Å². The van der Waals surface area contributed by atoms with Crippen LogP contribution in [0.4, 0.5) is 4.79 Å². The van der Waals surface area contributed by atoms with E-state index in [-0.39, 0.29) is 0 Å². The van der Waals surface area contributed by atoms with E-state index < -0.39 is 36.2 Å². The second-order valence-electron chi connectivity index (χ2n) is 4.50. The van der Waals surface area contributed by atoms with Gasteiger partial charge in [-0.05, 0) is 20.8 Å². The van der Waals surface area contributed by atoms with Gasteiger partial charge < -0.3 is 20.5 Å². The van der Waals surface area contributed by atoms with Crippen molar-refractivity contribution in [2.75, 3.05) is 0 Å². The van der Waals surface area contributed by atoms with E-state index >= 15 is 0 Å². The lowest BCUT2D eigenvalue weighted by molar-refractivity contribution is -0.137. The lowest BCUT2D eigenvalue weighted by atomic mass is 10.2. The number of nitrogens with one attached hydrogen (secondary N) is 2. The molecule has 0 saturated carbocycles. The van der Waals surface area contributed by atoms with E-state index in [0.717, 1.165) is 0 Å². The molecule has 1 atom stereocenters. The van der Waals surface area contributed by atoms with E-state index in [0.29, 0.717) is 0 Å². The van der Waals surface area contributed by atoms with Gasteiger partial charge in [0.2, 0.25) is 5.91 Å². The minimum Gasteiger partial charge on any atom is -0.481 e. The van der Waals surface area contributed by atoms with E-state index in [2.05, 4.69) is 10.6 Å². The number of amides is 2. The summed E-state index contributed by atoms with van der Waals surface area (Å²) >= 11 is 0. The summed E-state index contributed by atoms with van der Waals surface area (Å²) in [6.45, 7) is 6.26. The summed E-state index contributed by atoms with van der Waals surface area (Å²) < 4.78 is 4.94. The Morgan fingerprint density at radius 3 is 2.12 bits per heavy atom. The fourth-order valence-corrected chi connectivity index (χ4v) is 1.01. The first kappa shape index (κ1) is 15.2. The van der Waals surface area contributed by atoms with E-state index in [1.807, 2.05) is 0 Å². The standard InChI is InChI=1S/C10H18N2O5/c1-6(13)11-7(5-8(14)15)12-9(16)17-10(2,3)4/h7H,5H2,1-4H3,(H,11,13)(H,12,16)(H,14,15)/t7-/m0/s1. The molecule has 0 saturated heterocycles. The fourth-order valence-electron chi connectivity index (χ4n) is 1.01. The van der Waals surface area contributed by atoms with Crippen molar-refractivity contribution in [2.45, 2.75) is 45.9 Å². The normalized spacial score (nSPS) is 12.5. The van der Waals surface area contributed by atoms with Crippen molar-refractivity contribution < 1.29 is 24.2 Å². The number of carbonyl (C=O) groups is 3. The summed E-state index contributed by atoms with van der Waals surface area (Å²) in [6.07, 6.45) is -2.18. The zero-order valence-electron chi connectivity index (χ0n) is 10.4. The molecule has 0 aromatic rings. The van der Waals surface area contributed by atoms with Gasteiger partial charge in [-0.2, -0.15) is 0 Å². The highest BCUT2D eigenvalue weighted by Gasteiger charge is 2.21. The van der Waals surface area contributed by atoms with E-state index in [1.165, 1.54) is 6.92 Å². The molecule has 0 unspecified atom stereocenters. The Hall–Kier alpha value is -1.79. The van der Waals surface area contributed by atoms with Gasteiger partial charge in [0, 0.05) is 6.92 Å². The number of hydrogen-bond donors (Lipinski definition) is 3. The molecule has 0 aliphatic heterocycles. The maximum absolute atomic E-state index is 11.4. The topological polar surface area (TPSA) is 105 Å². The molecule has 2 amide bonds. The van der Waals surface area contributed by atoms with Crippen molar-refractivity contribution in [3.63, 3.8) is 0 Å². The third-order valence-corrected chi connectivity index (χ3v) is 1.45. The lowest BCUT2D eigenvalue weighted by Gasteiger charge is -2.23. The van der Waals surface area contributed by atoms with Gasteiger partial charge in [-0.15, -0.1) is 0 Å². The molecule has 0 aromatic heterocycles. The third kappa shape index (κ3) is 9.16. The summed E-state index contributed by atoms with van der Waals surface area (Å²) in [4.78, 5) is 32.7. The molecule has 3 N–H and O–H groups in total. The molecule has 0 fully saturated rings. The molecule has 0 heterocycles. The average Bonchev–Trinajstić information content (AvgIpc) is 1.95. The summed E-state index contributed by atoms with van der Waals surface area (Å²) in [6, 6.07) is 0. The monoisotopic (exact) mass is 246 g/mol. The van der Waals surface area contributed by atoms with Crippen molar-refractivity contribution in [3.8, 4) is 0 Å². The summed E-state index contributed by atoms with van der Waals surface area (Å²) in [5.41, 5.74) is -0.686. The van der Waals surface area contributed by atoms with Crippen LogP contribution < -0.4 is 10.6 Å². The zero-order valence-corrected chi connectivity index (χ0v) is 10.4. The number of hydrogen-bond acceptors (Lipinski definition) is 4. The predicted molar refractivity (Wildman–Crippen MR) is 59.2 cm³/mol. The van der Waals surface area contributed by atoms with Crippen molar-refractivity contribution in [1.29, 1.82) is 0 Å². The van der Waals surface area contributed by atoms with Gasteiger partial charge in [-0.25, -0.2) is 4.79 Å². The zero-order chi connectivity index (χ0) is 13.6. The molecule has 0 aliphatic carbocycles. The molecular weight excluding hydrogens is 228 g/mol. The maximum atomic E-state index is 11.4. The maximum Gasteiger partial charge on any atom is 0.409 e. The highest BCUT2D eigenvalue weighted by atomic mass is 16.6. The largest absolute Gasteiger partial charge is 0.481 e. The van der Waals surface area contributed by atoms with Crippen molar-refractivity contribution in [3.05, 3.63) is 0 Å². The highest BCUT2D eigenvalue weighted by molar-refractivity contribution is 5.76. The average molecular weight is 246 g/mol. The van der Waals surface area contributed by atoms with Crippen molar-refractivity contribution in [2.24, 2.45) is 0 Å². The smallest absolute Gasteiger partial charge is 0.409 e. The van der Waals surface area contributed by atoms with E-state index in [1.54, 1.807) is 20.8 Å². The first-order chi connectivity index (χ1) is 7.60. The first-order valence-electron chi connectivity index (χ1n) is 5.08. The molecular formula is C10H18N2O5. The molecule has 0 bridgehead atoms. The number of carboxylic acid groups (broad SMARTS) is 1. The van der Waals surface area contributed by atoms with E-state index in [9.17, 15) is 14.4 Å².